The molecule has 2 aromatic carbocycles. The molecule has 0 aliphatic heterocycles. The summed E-state index contributed by atoms with van der Waals surface area (Å²) in [6.45, 7) is 3.95. The average Bonchev–Trinajstić information content (AvgIpc) is 2.40. The van der Waals surface area contributed by atoms with Crippen LogP contribution in [0.4, 0.5) is 0 Å². The van der Waals surface area contributed by atoms with Crippen LogP contribution in [0.15, 0.2) is 66.2 Å². The standard InChI is InChI=1S/C17H16O/c1-13(2)16(14-9-5-3-6-10-14)17(18)15-11-7-4-8-12-15/h3-12H,1-2H3. The zero-order chi connectivity index (χ0) is 13.0. The molecule has 0 N–H and O–H groups in total. The number of ketones is 1. The lowest BCUT2D eigenvalue weighted by Crippen LogP contribution is -2.04. The van der Waals surface area contributed by atoms with Crippen LogP contribution in [0, 0.1) is 0 Å². The highest BCUT2D eigenvalue weighted by Gasteiger charge is 2.14. The summed E-state index contributed by atoms with van der Waals surface area (Å²) in [5, 5.41) is 0. The van der Waals surface area contributed by atoms with Gasteiger partial charge >= 0.3 is 0 Å². The zero-order valence-corrected chi connectivity index (χ0v) is 10.7. The Labute approximate surface area is 108 Å². The van der Waals surface area contributed by atoms with Gasteiger partial charge in [0.25, 0.3) is 0 Å². The summed E-state index contributed by atoms with van der Waals surface area (Å²) in [5.41, 5.74) is 3.54. The molecule has 0 saturated heterocycles. The Kier molecular flexibility index (Phi) is 3.73. The van der Waals surface area contributed by atoms with E-state index in [0.29, 0.717) is 0 Å². The lowest BCUT2D eigenvalue weighted by atomic mass is 9.93. The van der Waals surface area contributed by atoms with Crippen LogP contribution in [0.2, 0.25) is 0 Å². The third-order valence-corrected chi connectivity index (χ3v) is 2.83. The van der Waals surface area contributed by atoms with E-state index in [2.05, 4.69) is 0 Å². The highest BCUT2D eigenvalue weighted by atomic mass is 16.1. The number of hydrogen-bond donors (Lipinski definition) is 0. The lowest BCUT2D eigenvalue weighted by Gasteiger charge is -2.09. The van der Waals surface area contributed by atoms with E-state index in [-0.39, 0.29) is 5.78 Å². The second-order valence-corrected chi connectivity index (χ2v) is 4.44. The maximum absolute atomic E-state index is 12.5. The summed E-state index contributed by atoms with van der Waals surface area (Å²) in [6.07, 6.45) is 0. The number of carbonyl (C=O) groups is 1. The fourth-order valence-electron chi connectivity index (χ4n) is 1.99. The molecule has 0 radical (unpaired) electrons. The predicted octanol–water partition coefficient (Wildman–Crippen LogP) is 4.36. The number of hydrogen-bond acceptors (Lipinski definition) is 1. The van der Waals surface area contributed by atoms with E-state index < -0.39 is 0 Å². The zero-order valence-electron chi connectivity index (χ0n) is 10.7. The summed E-state index contributed by atoms with van der Waals surface area (Å²) in [7, 11) is 0. The van der Waals surface area contributed by atoms with Crippen molar-refractivity contribution in [2.75, 3.05) is 0 Å². The van der Waals surface area contributed by atoms with Crippen LogP contribution in [0.1, 0.15) is 29.8 Å². The van der Waals surface area contributed by atoms with Gasteiger partial charge in [-0.15, -0.1) is 0 Å². The molecule has 2 aromatic rings. The van der Waals surface area contributed by atoms with Crippen molar-refractivity contribution >= 4 is 11.4 Å². The third-order valence-electron chi connectivity index (χ3n) is 2.83. The molecule has 2 rings (SSSR count). The summed E-state index contributed by atoms with van der Waals surface area (Å²) < 4.78 is 0. The van der Waals surface area contributed by atoms with Gasteiger partial charge in [-0.05, 0) is 19.4 Å². The molecular formula is C17H16O. The Morgan fingerprint density at radius 1 is 0.722 bits per heavy atom. The molecule has 0 amide bonds. The van der Waals surface area contributed by atoms with E-state index in [0.717, 1.165) is 22.3 Å². The van der Waals surface area contributed by atoms with Gasteiger partial charge in [-0.1, -0.05) is 66.2 Å². The fourth-order valence-corrected chi connectivity index (χ4v) is 1.99. The molecule has 0 heterocycles. The van der Waals surface area contributed by atoms with Gasteiger partial charge in [-0.3, -0.25) is 4.79 Å². The highest BCUT2D eigenvalue weighted by molar-refractivity contribution is 6.29. The average molecular weight is 236 g/mol. The molecule has 0 aliphatic carbocycles. The number of allylic oxidation sites excluding steroid dienone is 2. The first-order chi connectivity index (χ1) is 8.70. The summed E-state index contributed by atoms with van der Waals surface area (Å²) >= 11 is 0. The molecule has 90 valence electrons. The number of rotatable bonds is 3. The van der Waals surface area contributed by atoms with Gasteiger partial charge < -0.3 is 0 Å². The summed E-state index contributed by atoms with van der Waals surface area (Å²) in [4.78, 5) is 12.5. The summed E-state index contributed by atoms with van der Waals surface area (Å²) in [5.74, 6) is 0.0850. The topological polar surface area (TPSA) is 17.1 Å². The first kappa shape index (κ1) is 12.3. The van der Waals surface area contributed by atoms with Crippen molar-refractivity contribution < 1.29 is 4.79 Å². The third kappa shape index (κ3) is 2.57. The summed E-state index contributed by atoms with van der Waals surface area (Å²) in [6, 6.07) is 19.2. The van der Waals surface area contributed by atoms with Gasteiger partial charge in [-0.2, -0.15) is 0 Å². The van der Waals surface area contributed by atoms with Crippen molar-refractivity contribution in [1.29, 1.82) is 0 Å². The van der Waals surface area contributed by atoms with Crippen LogP contribution >= 0.6 is 0 Å². The maximum atomic E-state index is 12.5. The Morgan fingerprint density at radius 3 is 1.61 bits per heavy atom. The van der Waals surface area contributed by atoms with Crippen LogP contribution in [0.5, 0.6) is 0 Å². The Hall–Kier alpha value is -2.15. The second kappa shape index (κ2) is 5.46. The van der Waals surface area contributed by atoms with Crippen molar-refractivity contribution in [3.05, 3.63) is 77.4 Å². The molecule has 0 aliphatic rings. The minimum atomic E-state index is 0.0850. The molecule has 18 heavy (non-hydrogen) atoms. The highest BCUT2D eigenvalue weighted by Crippen LogP contribution is 2.23. The lowest BCUT2D eigenvalue weighted by molar-refractivity contribution is 0.105. The first-order valence-electron chi connectivity index (χ1n) is 6.03. The number of benzene rings is 2. The Balaban J connectivity index is 2.47. The normalized spacial score (nSPS) is 9.89. The molecule has 0 fully saturated rings. The van der Waals surface area contributed by atoms with Gasteiger partial charge in [-0.25, -0.2) is 0 Å². The smallest absolute Gasteiger partial charge is 0.193 e. The molecule has 0 unspecified atom stereocenters. The molecule has 0 aromatic heterocycles. The van der Waals surface area contributed by atoms with Crippen molar-refractivity contribution in [1.82, 2.24) is 0 Å². The fraction of sp³-hybridized carbons (Fsp3) is 0.118. The van der Waals surface area contributed by atoms with E-state index in [1.807, 2.05) is 74.5 Å². The maximum Gasteiger partial charge on any atom is 0.193 e. The van der Waals surface area contributed by atoms with E-state index >= 15 is 0 Å². The van der Waals surface area contributed by atoms with Gasteiger partial charge in [0.05, 0.1) is 0 Å². The Bertz CT molecular complexity index is 561. The minimum absolute atomic E-state index is 0.0850. The Morgan fingerprint density at radius 2 is 1.17 bits per heavy atom. The SMILES string of the molecule is CC(C)=C(C(=O)c1ccccc1)c1ccccc1. The van der Waals surface area contributed by atoms with Crippen molar-refractivity contribution in [2.45, 2.75) is 13.8 Å². The molecular weight excluding hydrogens is 220 g/mol. The predicted molar refractivity (Wildman–Crippen MR) is 75.5 cm³/mol. The number of carbonyl (C=O) groups excluding carboxylic acids is 1. The van der Waals surface area contributed by atoms with Gasteiger partial charge in [0.1, 0.15) is 0 Å². The number of Topliss-reactive ketones (excluding diaryl/α,β-unsaturated/α-hetero) is 1. The van der Waals surface area contributed by atoms with Crippen LogP contribution in [-0.4, -0.2) is 5.78 Å². The molecule has 0 spiro atoms. The van der Waals surface area contributed by atoms with Crippen LogP contribution in [0.3, 0.4) is 0 Å². The van der Waals surface area contributed by atoms with Crippen molar-refractivity contribution in [3.8, 4) is 0 Å². The largest absolute Gasteiger partial charge is 0.289 e. The van der Waals surface area contributed by atoms with Gasteiger partial charge in [0.15, 0.2) is 5.78 Å². The second-order valence-electron chi connectivity index (χ2n) is 4.44. The molecule has 0 saturated carbocycles. The van der Waals surface area contributed by atoms with E-state index in [1.54, 1.807) is 0 Å². The monoisotopic (exact) mass is 236 g/mol. The molecule has 0 bridgehead atoms. The molecule has 0 atom stereocenters. The molecule has 1 heteroatoms. The van der Waals surface area contributed by atoms with Gasteiger partial charge in [0, 0.05) is 11.1 Å². The quantitative estimate of drug-likeness (QED) is 0.571. The van der Waals surface area contributed by atoms with Crippen LogP contribution in [-0.2, 0) is 0 Å². The van der Waals surface area contributed by atoms with E-state index in [1.165, 1.54) is 0 Å². The van der Waals surface area contributed by atoms with E-state index in [9.17, 15) is 4.79 Å². The van der Waals surface area contributed by atoms with E-state index in [4.69, 9.17) is 0 Å². The molecule has 1 nitrogen and oxygen atoms in total. The van der Waals surface area contributed by atoms with Crippen LogP contribution < -0.4 is 0 Å². The van der Waals surface area contributed by atoms with Gasteiger partial charge in [0.2, 0.25) is 0 Å². The van der Waals surface area contributed by atoms with Crippen LogP contribution in [0.25, 0.3) is 5.57 Å². The first-order valence-corrected chi connectivity index (χ1v) is 6.03. The van der Waals surface area contributed by atoms with Crippen molar-refractivity contribution in [3.63, 3.8) is 0 Å². The van der Waals surface area contributed by atoms with Crippen molar-refractivity contribution in [2.24, 2.45) is 0 Å². The minimum Gasteiger partial charge on any atom is -0.289 e.